The highest BCUT2D eigenvalue weighted by molar-refractivity contribution is 7.89. The minimum Gasteiger partial charge on any atom is -0.263 e. The van der Waals surface area contributed by atoms with E-state index in [0.29, 0.717) is 18.5 Å². The van der Waals surface area contributed by atoms with Gasteiger partial charge in [0.1, 0.15) is 4.90 Å². The van der Waals surface area contributed by atoms with E-state index in [4.69, 9.17) is 11.6 Å². The van der Waals surface area contributed by atoms with Gasteiger partial charge in [-0.3, -0.25) is 4.98 Å². The molecule has 0 radical (unpaired) electrons. The highest BCUT2D eigenvalue weighted by atomic mass is 35.5. The van der Waals surface area contributed by atoms with Gasteiger partial charge in [0.15, 0.2) is 0 Å². The quantitative estimate of drug-likeness (QED) is 0.843. The molecule has 0 unspecified atom stereocenters. The smallest absolute Gasteiger partial charge is 0.246 e. The maximum absolute atomic E-state index is 12.6. The van der Waals surface area contributed by atoms with Crippen molar-refractivity contribution < 1.29 is 8.42 Å². The lowest BCUT2D eigenvalue weighted by atomic mass is 9.78. The van der Waals surface area contributed by atoms with E-state index >= 15 is 0 Å². The Kier molecular flexibility index (Phi) is 3.77. The Morgan fingerprint density at radius 1 is 1.15 bits per heavy atom. The topological polar surface area (TPSA) is 50.3 Å². The van der Waals surface area contributed by atoms with Crippen molar-refractivity contribution in [3.05, 3.63) is 23.5 Å². The third kappa shape index (κ3) is 2.47. The Morgan fingerprint density at radius 3 is 2.40 bits per heavy atom. The van der Waals surface area contributed by atoms with Gasteiger partial charge in [-0.25, -0.2) is 8.42 Å². The third-order valence-electron chi connectivity index (χ3n) is 4.80. The summed E-state index contributed by atoms with van der Waals surface area (Å²) in [5.41, 5.74) is 0.407. The average Bonchev–Trinajstić information content (AvgIpc) is 2.88. The molecule has 1 aromatic rings. The Bertz CT molecular complexity index is 587. The fourth-order valence-electron chi connectivity index (χ4n) is 3.52. The lowest BCUT2D eigenvalue weighted by Crippen LogP contribution is -2.42. The van der Waals surface area contributed by atoms with E-state index in [1.807, 2.05) is 0 Å². The number of hydrogen-bond acceptors (Lipinski definition) is 3. The summed E-state index contributed by atoms with van der Waals surface area (Å²) in [5.74, 6) is 0. The van der Waals surface area contributed by atoms with E-state index in [2.05, 4.69) is 4.98 Å². The maximum Gasteiger partial charge on any atom is 0.246 e. The maximum atomic E-state index is 12.6. The molecular formula is C14H19ClN2O2S. The lowest BCUT2D eigenvalue weighted by Gasteiger charge is -2.38. The van der Waals surface area contributed by atoms with E-state index in [1.165, 1.54) is 44.1 Å². The van der Waals surface area contributed by atoms with Crippen LogP contribution in [0.3, 0.4) is 0 Å². The van der Waals surface area contributed by atoms with Crippen molar-refractivity contribution in [1.29, 1.82) is 0 Å². The average molecular weight is 315 g/mol. The van der Waals surface area contributed by atoms with E-state index in [9.17, 15) is 8.42 Å². The lowest BCUT2D eigenvalue weighted by molar-refractivity contribution is 0.160. The second-order valence-corrected chi connectivity index (χ2v) is 8.23. The molecule has 6 heteroatoms. The largest absolute Gasteiger partial charge is 0.263 e. The monoisotopic (exact) mass is 314 g/mol. The number of piperidine rings is 1. The molecule has 3 rings (SSSR count). The van der Waals surface area contributed by atoms with Gasteiger partial charge in [-0.2, -0.15) is 4.31 Å². The van der Waals surface area contributed by atoms with Crippen molar-refractivity contribution >= 4 is 21.6 Å². The van der Waals surface area contributed by atoms with Crippen LogP contribution >= 0.6 is 11.6 Å². The summed E-state index contributed by atoms with van der Waals surface area (Å²) in [6.07, 6.45) is 9.91. The summed E-state index contributed by atoms with van der Waals surface area (Å²) >= 11 is 6.00. The summed E-state index contributed by atoms with van der Waals surface area (Å²) in [6.45, 7) is 1.21. The molecule has 1 aromatic heterocycles. The highest BCUT2D eigenvalue weighted by Crippen LogP contribution is 2.46. The van der Waals surface area contributed by atoms with Crippen molar-refractivity contribution in [2.75, 3.05) is 13.1 Å². The summed E-state index contributed by atoms with van der Waals surface area (Å²) in [7, 11) is -3.50. The molecule has 2 heterocycles. The summed E-state index contributed by atoms with van der Waals surface area (Å²) in [5, 5.41) is 0.251. The number of pyridine rings is 1. The minimum absolute atomic E-state index is 0.129. The SMILES string of the molecule is O=S(=O)(c1cnccc1Cl)N1CCC2(CCCC2)CC1. The van der Waals surface area contributed by atoms with Gasteiger partial charge in [0.05, 0.1) is 5.02 Å². The van der Waals surface area contributed by atoms with Gasteiger partial charge in [0.25, 0.3) is 0 Å². The molecule has 2 aliphatic rings. The Balaban J connectivity index is 1.79. The van der Waals surface area contributed by atoms with Crippen molar-refractivity contribution in [3.8, 4) is 0 Å². The second-order valence-electron chi connectivity index (χ2n) is 5.92. The molecule has 0 aromatic carbocycles. The van der Waals surface area contributed by atoms with Crippen LogP contribution in [-0.2, 0) is 10.0 Å². The van der Waals surface area contributed by atoms with Crippen LogP contribution in [0.2, 0.25) is 5.02 Å². The van der Waals surface area contributed by atoms with Gasteiger partial charge in [-0.1, -0.05) is 24.4 Å². The third-order valence-corrected chi connectivity index (χ3v) is 7.17. The van der Waals surface area contributed by atoms with Gasteiger partial charge in [0, 0.05) is 25.5 Å². The summed E-state index contributed by atoms with van der Waals surface area (Å²) < 4.78 is 26.8. The van der Waals surface area contributed by atoms with E-state index in [1.54, 1.807) is 4.31 Å². The molecule has 0 atom stereocenters. The molecule has 4 nitrogen and oxygen atoms in total. The van der Waals surface area contributed by atoms with Crippen LogP contribution in [0, 0.1) is 5.41 Å². The molecule has 1 aliphatic heterocycles. The predicted molar refractivity (Wildman–Crippen MR) is 78.1 cm³/mol. The molecule has 0 N–H and O–H groups in total. The zero-order chi connectivity index (χ0) is 14.2. The summed E-state index contributed by atoms with van der Waals surface area (Å²) in [4.78, 5) is 4.02. The molecule has 0 bridgehead atoms. The number of sulfonamides is 1. The van der Waals surface area contributed by atoms with Crippen molar-refractivity contribution in [2.45, 2.75) is 43.4 Å². The van der Waals surface area contributed by atoms with Crippen LogP contribution in [0.15, 0.2) is 23.4 Å². The minimum atomic E-state index is -3.50. The van der Waals surface area contributed by atoms with Crippen LogP contribution in [0.25, 0.3) is 0 Å². The standard InChI is InChI=1S/C14H19ClN2O2S/c15-12-3-8-16-11-13(12)20(18,19)17-9-6-14(7-10-17)4-1-2-5-14/h3,8,11H,1-2,4-7,9-10H2. The first-order chi connectivity index (χ1) is 9.54. The van der Waals surface area contributed by atoms with Crippen molar-refractivity contribution in [1.82, 2.24) is 9.29 Å². The molecule has 2 fully saturated rings. The van der Waals surface area contributed by atoms with Crippen LogP contribution in [0.4, 0.5) is 0 Å². The van der Waals surface area contributed by atoms with E-state index < -0.39 is 10.0 Å². The van der Waals surface area contributed by atoms with Gasteiger partial charge >= 0.3 is 0 Å². The van der Waals surface area contributed by atoms with Crippen LogP contribution < -0.4 is 0 Å². The first-order valence-corrected chi connectivity index (χ1v) is 8.95. The molecule has 1 saturated heterocycles. The van der Waals surface area contributed by atoms with Crippen LogP contribution in [-0.4, -0.2) is 30.8 Å². The van der Waals surface area contributed by atoms with Crippen LogP contribution in [0.5, 0.6) is 0 Å². The number of nitrogens with zero attached hydrogens (tertiary/aromatic N) is 2. The van der Waals surface area contributed by atoms with Crippen molar-refractivity contribution in [3.63, 3.8) is 0 Å². The Labute approximate surface area is 125 Å². The molecule has 1 saturated carbocycles. The number of aromatic nitrogens is 1. The molecule has 110 valence electrons. The molecule has 1 spiro atoms. The van der Waals surface area contributed by atoms with Crippen LogP contribution in [0.1, 0.15) is 38.5 Å². The normalized spacial score (nSPS) is 23.2. The number of hydrogen-bond donors (Lipinski definition) is 0. The van der Waals surface area contributed by atoms with E-state index in [0.717, 1.165) is 12.8 Å². The molecular weight excluding hydrogens is 296 g/mol. The molecule has 20 heavy (non-hydrogen) atoms. The van der Waals surface area contributed by atoms with Gasteiger partial charge < -0.3 is 0 Å². The van der Waals surface area contributed by atoms with Gasteiger partial charge in [-0.15, -0.1) is 0 Å². The fourth-order valence-corrected chi connectivity index (χ4v) is 5.37. The van der Waals surface area contributed by atoms with Gasteiger partial charge in [0.2, 0.25) is 10.0 Å². The second kappa shape index (κ2) is 5.28. The summed E-state index contributed by atoms with van der Waals surface area (Å²) in [6, 6.07) is 1.52. The Morgan fingerprint density at radius 2 is 1.80 bits per heavy atom. The highest BCUT2D eigenvalue weighted by Gasteiger charge is 2.40. The van der Waals surface area contributed by atoms with E-state index in [-0.39, 0.29) is 9.92 Å². The van der Waals surface area contributed by atoms with Gasteiger partial charge in [-0.05, 0) is 37.2 Å². The number of rotatable bonds is 2. The first kappa shape index (κ1) is 14.3. The number of halogens is 1. The predicted octanol–water partition coefficient (Wildman–Crippen LogP) is 3.08. The zero-order valence-electron chi connectivity index (χ0n) is 11.4. The fraction of sp³-hybridized carbons (Fsp3) is 0.643. The Hall–Kier alpha value is -0.650. The zero-order valence-corrected chi connectivity index (χ0v) is 13.0. The first-order valence-electron chi connectivity index (χ1n) is 7.13. The molecule has 0 amide bonds. The molecule has 1 aliphatic carbocycles. The van der Waals surface area contributed by atoms with Crippen molar-refractivity contribution in [2.24, 2.45) is 5.41 Å².